The quantitative estimate of drug-likeness (QED) is 0.369. The van der Waals surface area contributed by atoms with Gasteiger partial charge in [0.05, 0.1) is 23.5 Å². The van der Waals surface area contributed by atoms with E-state index in [1.165, 1.54) is 35.0 Å². The third-order valence-electron chi connectivity index (χ3n) is 6.84. The average molecular weight is 488 g/mol. The van der Waals surface area contributed by atoms with Gasteiger partial charge >= 0.3 is 5.97 Å². The minimum absolute atomic E-state index is 0.00986. The van der Waals surface area contributed by atoms with Gasteiger partial charge in [0.1, 0.15) is 12.4 Å². The predicted molar refractivity (Wildman–Crippen MR) is 143 cm³/mol. The van der Waals surface area contributed by atoms with Gasteiger partial charge in [0.2, 0.25) is 0 Å². The van der Waals surface area contributed by atoms with Crippen LogP contribution in [0.25, 0.3) is 10.9 Å². The second-order valence-corrected chi connectivity index (χ2v) is 10.2. The third kappa shape index (κ3) is 6.09. The van der Waals surface area contributed by atoms with Crippen LogP contribution in [0.15, 0.2) is 36.4 Å². The Morgan fingerprint density at radius 3 is 2.50 bits per heavy atom. The Kier molecular flexibility index (Phi) is 8.32. The second-order valence-electron chi connectivity index (χ2n) is 10.2. The second kappa shape index (κ2) is 11.6. The molecule has 1 atom stereocenters. The maximum Gasteiger partial charge on any atom is 0.304 e. The molecule has 2 heterocycles. The molecule has 6 heteroatoms. The van der Waals surface area contributed by atoms with Crippen molar-refractivity contribution < 1.29 is 14.6 Å². The summed E-state index contributed by atoms with van der Waals surface area (Å²) in [5.74, 6) is 5.92. The van der Waals surface area contributed by atoms with Gasteiger partial charge in [-0.3, -0.25) is 14.4 Å². The summed E-state index contributed by atoms with van der Waals surface area (Å²) in [5, 5.41) is 15.5. The molecule has 4 rings (SSSR count). The lowest BCUT2D eigenvalue weighted by Crippen LogP contribution is -2.19. The van der Waals surface area contributed by atoms with Crippen molar-refractivity contribution in [3.63, 3.8) is 0 Å². The predicted octanol–water partition coefficient (Wildman–Crippen LogP) is 5.76. The molecule has 0 radical (unpaired) electrons. The number of nitrogens with zero attached hydrogens (tertiary/aromatic N) is 3. The number of aryl methyl sites for hydroxylation is 1. The monoisotopic (exact) mass is 487 g/mol. The number of hydrogen-bond acceptors (Lipinski definition) is 4. The maximum atomic E-state index is 11.2. The Balaban J connectivity index is 1.54. The lowest BCUT2D eigenvalue weighted by atomic mass is 9.96. The van der Waals surface area contributed by atoms with Crippen molar-refractivity contribution in [3.8, 4) is 17.6 Å². The van der Waals surface area contributed by atoms with E-state index in [1.54, 1.807) is 6.92 Å². The van der Waals surface area contributed by atoms with E-state index >= 15 is 0 Å². The fourth-order valence-corrected chi connectivity index (χ4v) is 5.02. The number of likely N-dealkylation sites (tertiary alicyclic amines) is 1. The number of rotatable bonds is 10. The van der Waals surface area contributed by atoms with E-state index in [9.17, 15) is 9.90 Å². The molecule has 6 nitrogen and oxygen atoms in total. The molecule has 1 fully saturated rings. The summed E-state index contributed by atoms with van der Waals surface area (Å²) in [6.45, 7) is 12.9. The van der Waals surface area contributed by atoms with Crippen LogP contribution in [0.1, 0.15) is 68.3 Å². The average Bonchev–Trinajstić information content (AvgIpc) is 3.47. The zero-order chi connectivity index (χ0) is 25.7. The Labute approximate surface area is 214 Å². The number of ether oxygens (including phenoxy) is 1. The molecule has 0 amide bonds. The van der Waals surface area contributed by atoms with Crippen LogP contribution in [0.3, 0.4) is 0 Å². The van der Waals surface area contributed by atoms with Gasteiger partial charge in [-0.05, 0) is 74.5 Å². The van der Waals surface area contributed by atoms with Gasteiger partial charge in [0.25, 0.3) is 0 Å². The maximum absolute atomic E-state index is 11.2. The highest BCUT2D eigenvalue weighted by atomic mass is 16.5. The van der Waals surface area contributed by atoms with Crippen molar-refractivity contribution in [2.75, 3.05) is 13.1 Å². The van der Waals surface area contributed by atoms with Gasteiger partial charge in [0, 0.05) is 18.5 Å². The normalized spacial score (nSPS) is 14.7. The molecule has 1 aromatic heterocycles. The molecule has 0 bridgehead atoms. The fourth-order valence-electron chi connectivity index (χ4n) is 5.02. The van der Waals surface area contributed by atoms with E-state index in [2.05, 4.69) is 54.3 Å². The Hall–Kier alpha value is -3.30. The molecule has 190 valence electrons. The number of hydrogen-bond donors (Lipinski definition) is 1. The number of aliphatic carboxylic acids is 1. The molecule has 2 aromatic carbocycles. The van der Waals surface area contributed by atoms with Crippen LogP contribution in [0, 0.1) is 24.7 Å². The van der Waals surface area contributed by atoms with E-state index in [0.29, 0.717) is 12.5 Å². The van der Waals surface area contributed by atoms with Gasteiger partial charge in [-0.25, -0.2) is 0 Å². The van der Waals surface area contributed by atoms with E-state index in [-0.39, 0.29) is 12.3 Å². The summed E-state index contributed by atoms with van der Waals surface area (Å²) in [7, 11) is 0. The lowest BCUT2D eigenvalue weighted by Gasteiger charge is -2.14. The first-order valence-corrected chi connectivity index (χ1v) is 12.9. The smallest absolute Gasteiger partial charge is 0.304 e. The van der Waals surface area contributed by atoms with Crippen LogP contribution in [-0.2, 0) is 24.5 Å². The summed E-state index contributed by atoms with van der Waals surface area (Å²) < 4.78 is 8.33. The zero-order valence-electron chi connectivity index (χ0n) is 21.9. The van der Waals surface area contributed by atoms with Crippen LogP contribution < -0.4 is 4.74 Å². The van der Waals surface area contributed by atoms with E-state index in [4.69, 9.17) is 9.84 Å². The molecule has 0 aliphatic carbocycles. The number of carboxylic acids is 1. The lowest BCUT2D eigenvalue weighted by molar-refractivity contribution is -0.137. The molecule has 1 unspecified atom stereocenters. The van der Waals surface area contributed by atoms with Crippen molar-refractivity contribution in [2.24, 2.45) is 5.92 Å². The molecular formula is C30H37N3O3. The van der Waals surface area contributed by atoms with Crippen LogP contribution in [0.4, 0.5) is 0 Å². The van der Waals surface area contributed by atoms with Crippen LogP contribution in [0.2, 0.25) is 0 Å². The molecular weight excluding hydrogens is 450 g/mol. The minimum Gasteiger partial charge on any atom is -0.489 e. The van der Waals surface area contributed by atoms with Crippen LogP contribution >= 0.6 is 0 Å². The Morgan fingerprint density at radius 2 is 1.86 bits per heavy atom. The summed E-state index contributed by atoms with van der Waals surface area (Å²) in [6.07, 6.45) is 2.54. The summed E-state index contributed by atoms with van der Waals surface area (Å²) in [6, 6.07) is 12.0. The zero-order valence-corrected chi connectivity index (χ0v) is 21.9. The van der Waals surface area contributed by atoms with Gasteiger partial charge in [0.15, 0.2) is 0 Å². The highest BCUT2D eigenvalue weighted by Crippen LogP contribution is 2.29. The minimum atomic E-state index is -0.853. The third-order valence-corrected chi connectivity index (χ3v) is 6.84. The molecule has 1 aliphatic heterocycles. The number of benzene rings is 2. The molecule has 3 aromatic rings. The molecule has 1 N–H and O–H groups in total. The van der Waals surface area contributed by atoms with E-state index in [0.717, 1.165) is 43.1 Å². The number of carbonyl (C=O) groups is 1. The SMILES string of the molecule is CC#CC(CC(=O)O)c1ccc(OCc2ccc3c(CN4CCCC4)nn(CC(C)C)c3c2C)cc1. The Morgan fingerprint density at radius 1 is 1.14 bits per heavy atom. The summed E-state index contributed by atoms with van der Waals surface area (Å²) in [5.41, 5.74) is 5.63. The van der Waals surface area contributed by atoms with Crippen molar-refractivity contribution >= 4 is 16.9 Å². The molecule has 0 saturated carbocycles. The first kappa shape index (κ1) is 25.8. The van der Waals surface area contributed by atoms with Crippen molar-refractivity contribution in [1.29, 1.82) is 0 Å². The van der Waals surface area contributed by atoms with Crippen molar-refractivity contribution in [3.05, 3.63) is 58.8 Å². The standard InChI is InChI=1S/C30H37N3O3/c1-5-8-24(17-29(34)35)23-9-12-26(13-10-23)36-20-25-11-14-27-28(19-32-15-6-7-16-32)31-33(18-21(2)3)30(27)22(25)4/h9-14,21,24H,6-7,15-20H2,1-4H3,(H,34,35). The number of carboxylic acid groups (broad SMARTS) is 1. The summed E-state index contributed by atoms with van der Waals surface area (Å²) in [4.78, 5) is 13.7. The number of aromatic nitrogens is 2. The highest BCUT2D eigenvalue weighted by molar-refractivity contribution is 5.86. The molecule has 1 aliphatic rings. The molecule has 36 heavy (non-hydrogen) atoms. The number of fused-ring (bicyclic) bond motifs is 1. The topological polar surface area (TPSA) is 67.6 Å². The van der Waals surface area contributed by atoms with Gasteiger partial charge in [-0.2, -0.15) is 5.10 Å². The first-order chi connectivity index (χ1) is 17.4. The van der Waals surface area contributed by atoms with Gasteiger partial charge < -0.3 is 9.84 Å². The van der Waals surface area contributed by atoms with E-state index < -0.39 is 5.97 Å². The molecule has 1 saturated heterocycles. The van der Waals surface area contributed by atoms with Crippen molar-refractivity contribution in [1.82, 2.24) is 14.7 Å². The molecule has 0 spiro atoms. The van der Waals surface area contributed by atoms with Gasteiger partial charge in [-0.15, -0.1) is 5.92 Å². The van der Waals surface area contributed by atoms with Crippen LogP contribution in [-0.4, -0.2) is 38.8 Å². The first-order valence-electron chi connectivity index (χ1n) is 12.9. The van der Waals surface area contributed by atoms with E-state index in [1.807, 2.05) is 24.3 Å². The highest BCUT2D eigenvalue weighted by Gasteiger charge is 2.20. The Bertz CT molecular complexity index is 1260. The fraction of sp³-hybridized carbons (Fsp3) is 0.467. The summed E-state index contributed by atoms with van der Waals surface area (Å²) >= 11 is 0. The largest absolute Gasteiger partial charge is 0.489 e. The van der Waals surface area contributed by atoms with Crippen molar-refractivity contribution in [2.45, 2.75) is 72.6 Å². The van der Waals surface area contributed by atoms with Gasteiger partial charge in [-0.1, -0.05) is 44.0 Å². The van der Waals surface area contributed by atoms with Crippen LogP contribution in [0.5, 0.6) is 5.75 Å².